The van der Waals surface area contributed by atoms with Crippen molar-refractivity contribution >= 4 is 54.4 Å². The lowest BCUT2D eigenvalue weighted by molar-refractivity contribution is 0.444. The van der Waals surface area contributed by atoms with E-state index in [0.717, 1.165) is 0 Å². The maximum atomic E-state index is 4.03. The summed E-state index contributed by atoms with van der Waals surface area (Å²) in [6.07, 6.45) is 6.69. The van der Waals surface area contributed by atoms with Gasteiger partial charge in [0.25, 0.3) is 0 Å². The van der Waals surface area contributed by atoms with Crippen LogP contribution in [0.2, 0.25) is 0 Å². The largest absolute Gasteiger partial charge is 0.354 e. The SMILES string of the molecule is CC(C)(C)c1cccc(-c2ccc3c(c2)c2cc(-c4cccc(C(C)(C)C)c4)ccc2n3-c2cc(-c3cc(C(C)(C)C)cc4c3[nH]c3ccc5cc(C6CCCCC6)ccc5c34)cc(C(C)(C)C)c2)c1. The average Bonchev–Trinajstić information content (AvgIpc) is 3.88. The van der Waals surface area contributed by atoms with Crippen molar-refractivity contribution in [3.05, 3.63) is 173 Å². The first-order valence-corrected chi connectivity index (χ1v) is 26.2. The second kappa shape index (κ2) is 16.6. The third kappa shape index (κ3) is 8.26. The summed E-state index contributed by atoms with van der Waals surface area (Å²) in [5, 5.41) is 7.84. The number of aromatic nitrogens is 2. The van der Waals surface area contributed by atoms with Gasteiger partial charge in [-0.1, -0.05) is 193 Å². The van der Waals surface area contributed by atoms with Gasteiger partial charge in [-0.05, 0) is 161 Å². The fourth-order valence-corrected chi connectivity index (χ4v) is 11.5. The summed E-state index contributed by atoms with van der Waals surface area (Å²) in [6, 6.07) is 57.0. The number of nitrogens with zero attached hydrogens (tertiary/aromatic N) is 1. The van der Waals surface area contributed by atoms with Crippen molar-refractivity contribution in [1.82, 2.24) is 9.55 Å². The molecule has 11 rings (SSSR count). The molecule has 2 nitrogen and oxygen atoms in total. The second-order valence-corrected chi connectivity index (χ2v) is 25.1. The zero-order valence-corrected chi connectivity index (χ0v) is 43.9. The van der Waals surface area contributed by atoms with Gasteiger partial charge in [-0.15, -0.1) is 0 Å². The van der Waals surface area contributed by atoms with Gasteiger partial charge >= 0.3 is 0 Å². The first-order chi connectivity index (χ1) is 33.2. The Labute approximate surface area is 417 Å². The van der Waals surface area contributed by atoms with Crippen molar-refractivity contribution in [1.29, 1.82) is 0 Å². The Hall–Kier alpha value is -6.38. The highest BCUT2D eigenvalue weighted by atomic mass is 15.0. The number of hydrogen-bond donors (Lipinski definition) is 1. The number of fused-ring (bicyclic) bond motifs is 8. The molecule has 10 aromatic rings. The molecule has 0 bridgehead atoms. The van der Waals surface area contributed by atoms with Gasteiger partial charge in [0.15, 0.2) is 0 Å². The summed E-state index contributed by atoms with van der Waals surface area (Å²) < 4.78 is 2.54. The molecule has 2 heterocycles. The van der Waals surface area contributed by atoms with Gasteiger partial charge in [-0.3, -0.25) is 0 Å². The third-order valence-corrected chi connectivity index (χ3v) is 15.9. The summed E-state index contributed by atoms with van der Waals surface area (Å²) in [7, 11) is 0. The van der Waals surface area contributed by atoms with E-state index in [1.54, 1.807) is 0 Å². The van der Waals surface area contributed by atoms with E-state index in [9.17, 15) is 0 Å². The topological polar surface area (TPSA) is 20.7 Å². The minimum absolute atomic E-state index is 0.0548. The molecular weight excluding hydrogens is 845 g/mol. The highest BCUT2D eigenvalue weighted by Crippen LogP contribution is 2.45. The van der Waals surface area contributed by atoms with Crippen molar-refractivity contribution in [3.8, 4) is 39.1 Å². The maximum Gasteiger partial charge on any atom is 0.0544 e. The summed E-state index contributed by atoms with van der Waals surface area (Å²) in [6.45, 7) is 28.0. The van der Waals surface area contributed by atoms with E-state index in [4.69, 9.17) is 0 Å². The molecule has 1 N–H and O–H groups in total. The molecule has 0 spiro atoms. The van der Waals surface area contributed by atoms with Crippen LogP contribution in [0, 0.1) is 0 Å². The van der Waals surface area contributed by atoms with Crippen molar-refractivity contribution in [2.45, 2.75) is 143 Å². The monoisotopic (exact) mass is 917 g/mol. The molecule has 0 saturated heterocycles. The van der Waals surface area contributed by atoms with Crippen molar-refractivity contribution in [2.75, 3.05) is 0 Å². The van der Waals surface area contributed by atoms with Gasteiger partial charge in [0.2, 0.25) is 0 Å². The van der Waals surface area contributed by atoms with Crippen LogP contribution in [0.3, 0.4) is 0 Å². The molecule has 70 heavy (non-hydrogen) atoms. The molecule has 0 amide bonds. The van der Waals surface area contributed by atoms with Crippen LogP contribution in [0.1, 0.15) is 149 Å². The molecule has 8 aromatic carbocycles. The first kappa shape index (κ1) is 46.0. The molecule has 1 aliphatic carbocycles. The zero-order chi connectivity index (χ0) is 49.1. The molecule has 2 aromatic heterocycles. The van der Waals surface area contributed by atoms with Crippen LogP contribution in [-0.4, -0.2) is 9.55 Å². The van der Waals surface area contributed by atoms with Crippen LogP contribution in [0.5, 0.6) is 0 Å². The van der Waals surface area contributed by atoms with Gasteiger partial charge in [-0.2, -0.15) is 0 Å². The Morgan fingerprint density at radius 1 is 0.414 bits per heavy atom. The molecule has 0 aliphatic heterocycles. The lowest BCUT2D eigenvalue weighted by Gasteiger charge is -2.24. The minimum Gasteiger partial charge on any atom is -0.354 e. The molecular formula is C68H72N2. The Kier molecular flexibility index (Phi) is 10.9. The summed E-state index contributed by atoms with van der Waals surface area (Å²) in [4.78, 5) is 4.03. The van der Waals surface area contributed by atoms with Gasteiger partial charge in [0.1, 0.15) is 0 Å². The maximum absolute atomic E-state index is 4.03. The molecule has 0 unspecified atom stereocenters. The standard InChI is InChI=1S/C68H72N2/c1-65(2,3)50-22-16-20-43(33-50)46-26-30-61-57(37-46)58-38-47(44-21-17-23-51(34-44)66(4,5)6)27-31-62(58)70(61)54-36-49(35-52(39-54)67(7,8)9)56-40-53(68(10,11)12)41-59-63-55-28-24-45(42-18-14-13-15-19-42)32-48(55)25-29-60(63)69-64(56)59/h16-17,20-42,69H,13-15,18-19H2,1-12H3. The molecule has 354 valence electrons. The van der Waals surface area contributed by atoms with Crippen LogP contribution < -0.4 is 0 Å². The highest BCUT2D eigenvalue weighted by Gasteiger charge is 2.25. The van der Waals surface area contributed by atoms with E-state index in [0.29, 0.717) is 5.92 Å². The minimum atomic E-state index is -0.104. The van der Waals surface area contributed by atoms with E-state index in [2.05, 4.69) is 238 Å². The van der Waals surface area contributed by atoms with Crippen LogP contribution in [0.25, 0.3) is 93.5 Å². The highest BCUT2D eigenvalue weighted by molar-refractivity contribution is 6.22. The summed E-state index contributed by atoms with van der Waals surface area (Å²) in [5.41, 5.74) is 20.3. The fraction of sp³-hybridized carbons (Fsp3) is 0.324. The number of hydrogen-bond acceptors (Lipinski definition) is 0. The van der Waals surface area contributed by atoms with Crippen LogP contribution in [0.15, 0.2) is 146 Å². The van der Waals surface area contributed by atoms with Crippen LogP contribution in [0.4, 0.5) is 0 Å². The first-order valence-electron chi connectivity index (χ1n) is 26.2. The fourth-order valence-electron chi connectivity index (χ4n) is 11.5. The Balaban J connectivity index is 1.15. The van der Waals surface area contributed by atoms with E-state index < -0.39 is 0 Å². The van der Waals surface area contributed by atoms with Crippen molar-refractivity contribution < 1.29 is 0 Å². The molecule has 2 heteroatoms. The second-order valence-electron chi connectivity index (χ2n) is 25.1. The Morgan fingerprint density at radius 3 is 1.53 bits per heavy atom. The van der Waals surface area contributed by atoms with Gasteiger partial charge in [-0.25, -0.2) is 0 Å². The van der Waals surface area contributed by atoms with Gasteiger partial charge < -0.3 is 9.55 Å². The van der Waals surface area contributed by atoms with Gasteiger partial charge in [0.05, 0.1) is 16.6 Å². The van der Waals surface area contributed by atoms with Gasteiger partial charge in [0, 0.05) is 38.3 Å². The summed E-state index contributed by atoms with van der Waals surface area (Å²) in [5.74, 6) is 0.676. The lowest BCUT2D eigenvalue weighted by atomic mass is 9.82. The van der Waals surface area contributed by atoms with E-state index in [1.165, 1.54) is 153 Å². The average molecular weight is 917 g/mol. The Morgan fingerprint density at radius 2 is 0.957 bits per heavy atom. The van der Waals surface area contributed by atoms with Crippen LogP contribution in [-0.2, 0) is 21.7 Å². The predicted molar refractivity (Wildman–Crippen MR) is 305 cm³/mol. The quantitative estimate of drug-likeness (QED) is 0.178. The number of H-pyrrole nitrogens is 1. The molecule has 1 fully saturated rings. The van der Waals surface area contributed by atoms with E-state index >= 15 is 0 Å². The molecule has 0 atom stereocenters. The zero-order valence-electron chi connectivity index (χ0n) is 43.9. The Bertz CT molecular complexity index is 3550. The molecule has 1 aliphatic rings. The molecule has 1 saturated carbocycles. The summed E-state index contributed by atoms with van der Waals surface area (Å²) >= 11 is 0. The predicted octanol–water partition coefficient (Wildman–Crippen LogP) is 19.8. The van der Waals surface area contributed by atoms with E-state index in [-0.39, 0.29) is 21.7 Å². The normalized spacial score (nSPS) is 14.5. The third-order valence-electron chi connectivity index (χ3n) is 15.9. The molecule has 0 radical (unpaired) electrons. The van der Waals surface area contributed by atoms with Crippen molar-refractivity contribution in [2.24, 2.45) is 0 Å². The smallest absolute Gasteiger partial charge is 0.0544 e. The number of benzene rings is 8. The number of rotatable bonds is 5. The van der Waals surface area contributed by atoms with E-state index in [1.807, 2.05) is 0 Å². The van der Waals surface area contributed by atoms with Crippen molar-refractivity contribution in [3.63, 3.8) is 0 Å². The van der Waals surface area contributed by atoms with Crippen LogP contribution >= 0.6 is 0 Å². The number of nitrogens with one attached hydrogen (secondary N) is 1. The lowest BCUT2D eigenvalue weighted by Crippen LogP contribution is -2.13. The number of aromatic amines is 1.